The van der Waals surface area contributed by atoms with E-state index in [1.807, 2.05) is 6.92 Å². The van der Waals surface area contributed by atoms with E-state index in [4.69, 9.17) is 5.73 Å². The maximum atomic E-state index is 12.2. The fraction of sp³-hybridized carbons (Fsp3) is 0.600. The monoisotopic (exact) mass is 360 g/mol. The number of hydrogen-bond acceptors (Lipinski definition) is 4. The van der Waals surface area contributed by atoms with Gasteiger partial charge in [0, 0.05) is 11.4 Å². The molecule has 0 spiro atoms. The molecule has 1 aromatic rings. The smallest absolute Gasteiger partial charge is 0.244 e. The third kappa shape index (κ3) is 6.42. The molecule has 2 rings (SSSR count). The molecule has 0 radical (unpaired) electrons. The normalized spacial score (nSPS) is 17.8. The summed E-state index contributed by atoms with van der Waals surface area (Å²) in [5, 5.41) is 5.76. The van der Waals surface area contributed by atoms with Crippen LogP contribution in [0.5, 0.6) is 0 Å². The molecule has 1 heterocycles. The lowest BCUT2D eigenvalue weighted by Gasteiger charge is -2.23. The van der Waals surface area contributed by atoms with Crippen molar-refractivity contribution in [3.63, 3.8) is 0 Å². The average Bonchev–Trinajstić information content (AvgIpc) is 2.85. The number of rotatable bonds is 7. The number of anilines is 2. The third-order valence-electron chi connectivity index (χ3n) is 4.78. The van der Waals surface area contributed by atoms with Crippen LogP contribution in [-0.2, 0) is 9.59 Å². The second kappa shape index (κ2) is 9.69. The molecule has 1 atom stereocenters. The minimum absolute atomic E-state index is 0.00108. The van der Waals surface area contributed by atoms with Crippen molar-refractivity contribution >= 4 is 23.2 Å². The Kier molecular flexibility index (Phi) is 7.60. The van der Waals surface area contributed by atoms with Gasteiger partial charge in [0.15, 0.2) is 0 Å². The number of benzene rings is 1. The largest absolute Gasteiger partial charge is 0.325 e. The molecule has 1 saturated heterocycles. The molecule has 0 bridgehead atoms. The van der Waals surface area contributed by atoms with Gasteiger partial charge in [-0.3, -0.25) is 14.5 Å². The maximum Gasteiger partial charge on any atom is 0.244 e. The Hall–Kier alpha value is -1.92. The highest BCUT2D eigenvalue weighted by Crippen LogP contribution is 2.17. The topological polar surface area (TPSA) is 87.5 Å². The summed E-state index contributed by atoms with van der Waals surface area (Å²) in [6, 6.07) is 7.15. The van der Waals surface area contributed by atoms with Gasteiger partial charge in [-0.05, 0) is 63.5 Å². The number of hydrogen-bond donors (Lipinski definition) is 3. The zero-order chi connectivity index (χ0) is 19.0. The van der Waals surface area contributed by atoms with Crippen LogP contribution in [0.2, 0.25) is 0 Å². The lowest BCUT2D eigenvalue weighted by Crippen LogP contribution is -2.48. The lowest BCUT2D eigenvalue weighted by atomic mass is 9.96. The minimum Gasteiger partial charge on any atom is -0.325 e. The molecule has 1 fully saturated rings. The highest BCUT2D eigenvalue weighted by Gasteiger charge is 2.27. The third-order valence-corrected chi connectivity index (χ3v) is 4.78. The second-order valence-corrected chi connectivity index (χ2v) is 7.44. The molecule has 1 aromatic carbocycles. The van der Waals surface area contributed by atoms with Crippen LogP contribution < -0.4 is 16.4 Å². The maximum absolute atomic E-state index is 12.2. The highest BCUT2D eigenvalue weighted by molar-refractivity contribution is 5.98. The Morgan fingerprint density at radius 2 is 1.58 bits per heavy atom. The quantitative estimate of drug-likeness (QED) is 0.698. The number of carbonyl (C=O) groups is 2. The SMILES string of the molecule is CCCC(C)(N)C(=O)Nc1ccc(NC(=O)CN2CCCCCC2)cc1. The first-order valence-electron chi connectivity index (χ1n) is 9.63. The molecule has 0 aromatic heterocycles. The van der Waals surface area contributed by atoms with Crippen LogP contribution in [0.25, 0.3) is 0 Å². The first-order chi connectivity index (χ1) is 12.4. The number of amides is 2. The Morgan fingerprint density at radius 3 is 2.12 bits per heavy atom. The van der Waals surface area contributed by atoms with E-state index in [-0.39, 0.29) is 11.8 Å². The van der Waals surface area contributed by atoms with E-state index in [1.165, 1.54) is 25.7 Å². The molecule has 26 heavy (non-hydrogen) atoms. The van der Waals surface area contributed by atoms with Crippen LogP contribution in [-0.4, -0.2) is 41.9 Å². The van der Waals surface area contributed by atoms with Crippen LogP contribution in [0.3, 0.4) is 0 Å². The van der Waals surface area contributed by atoms with Crippen LogP contribution >= 0.6 is 0 Å². The summed E-state index contributed by atoms with van der Waals surface area (Å²) in [7, 11) is 0. The summed E-state index contributed by atoms with van der Waals surface area (Å²) in [4.78, 5) is 26.7. The number of likely N-dealkylation sites (tertiary alicyclic amines) is 1. The second-order valence-electron chi connectivity index (χ2n) is 7.44. The van der Waals surface area contributed by atoms with Gasteiger partial charge in [0.25, 0.3) is 0 Å². The summed E-state index contributed by atoms with van der Waals surface area (Å²) in [5.74, 6) is -0.196. The van der Waals surface area contributed by atoms with E-state index in [1.54, 1.807) is 31.2 Å². The van der Waals surface area contributed by atoms with Gasteiger partial charge in [0.2, 0.25) is 11.8 Å². The van der Waals surface area contributed by atoms with Crippen LogP contribution in [0.15, 0.2) is 24.3 Å². The van der Waals surface area contributed by atoms with Gasteiger partial charge in [-0.2, -0.15) is 0 Å². The van der Waals surface area contributed by atoms with E-state index < -0.39 is 5.54 Å². The van der Waals surface area contributed by atoms with Crippen LogP contribution in [0.1, 0.15) is 52.4 Å². The Balaban J connectivity index is 1.84. The summed E-state index contributed by atoms with van der Waals surface area (Å²) in [6.45, 7) is 6.16. The molecule has 144 valence electrons. The summed E-state index contributed by atoms with van der Waals surface area (Å²) in [5.41, 5.74) is 6.56. The molecule has 1 aliphatic heterocycles. The van der Waals surface area contributed by atoms with E-state index in [0.717, 1.165) is 25.2 Å². The van der Waals surface area contributed by atoms with Crippen molar-refractivity contribution in [2.24, 2.45) is 5.73 Å². The number of nitrogens with one attached hydrogen (secondary N) is 2. The fourth-order valence-electron chi connectivity index (χ4n) is 3.24. The fourth-order valence-corrected chi connectivity index (χ4v) is 3.24. The number of carbonyl (C=O) groups excluding carboxylic acids is 2. The molecular weight excluding hydrogens is 328 g/mol. The van der Waals surface area contributed by atoms with Gasteiger partial charge >= 0.3 is 0 Å². The van der Waals surface area contributed by atoms with E-state index in [2.05, 4.69) is 15.5 Å². The molecule has 1 unspecified atom stereocenters. The predicted octanol–water partition coefficient (Wildman–Crippen LogP) is 2.96. The van der Waals surface area contributed by atoms with Crippen molar-refractivity contribution in [2.75, 3.05) is 30.3 Å². The molecular formula is C20H32N4O2. The van der Waals surface area contributed by atoms with E-state index in [9.17, 15) is 9.59 Å². The predicted molar refractivity (Wildman–Crippen MR) is 106 cm³/mol. The van der Waals surface area contributed by atoms with Crippen molar-refractivity contribution in [1.82, 2.24) is 4.90 Å². The van der Waals surface area contributed by atoms with Gasteiger partial charge in [-0.25, -0.2) is 0 Å². The van der Waals surface area contributed by atoms with Gasteiger partial charge in [-0.1, -0.05) is 26.2 Å². The van der Waals surface area contributed by atoms with Gasteiger partial charge in [0.1, 0.15) is 0 Å². The zero-order valence-electron chi connectivity index (χ0n) is 16.0. The van der Waals surface area contributed by atoms with Crippen molar-refractivity contribution < 1.29 is 9.59 Å². The average molecular weight is 361 g/mol. The lowest BCUT2D eigenvalue weighted by molar-refractivity contribution is -0.121. The number of nitrogens with two attached hydrogens (primary N) is 1. The molecule has 4 N–H and O–H groups in total. The van der Waals surface area contributed by atoms with Gasteiger partial charge < -0.3 is 16.4 Å². The van der Waals surface area contributed by atoms with Gasteiger partial charge in [-0.15, -0.1) is 0 Å². The zero-order valence-corrected chi connectivity index (χ0v) is 16.0. The van der Waals surface area contributed by atoms with E-state index >= 15 is 0 Å². The Bertz CT molecular complexity index is 590. The molecule has 1 aliphatic rings. The van der Waals surface area contributed by atoms with Crippen LogP contribution in [0, 0.1) is 0 Å². The summed E-state index contributed by atoms with van der Waals surface area (Å²) >= 11 is 0. The Labute approximate surface area is 156 Å². The van der Waals surface area contributed by atoms with E-state index in [0.29, 0.717) is 18.7 Å². The first kappa shape index (κ1) is 20.4. The molecule has 6 heteroatoms. The standard InChI is InChI=1S/C20H32N4O2/c1-3-12-20(2,21)19(26)23-17-10-8-16(9-11-17)22-18(25)15-24-13-6-4-5-7-14-24/h8-11H,3-7,12-15,21H2,1-2H3,(H,22,25)(H,23,26). The van der Waals surface area contributed by atoms with Crippen molar-refractivity contribution in [2.45, 2.75) is 57.9 Å². The molecule has 0 aliphatic carbocycles. The van der Waals surface area contributed by atoms with Gasteiger partial charge in [0.05, 0.1) is 12.1 Å². The molecule has 6 nitrogen and oxygen atoms in total. The van der Waals surface area contributed by atoms with Crippen molar-refractivity contribution in [1.29, 1.82) is 0 Å². The van der Waals surface area contributed by atoms with Crippen LogP contribution in [0.4, 0.5) is 11.4 Å². The number of nitrogens with zero attached hydrogens (tertiary/aromatic N) is 1. The highest BCUT2D eigenvalue weighted by atomic mass is 16.2. The van der Waals surface area contributed by atoms with Crippen molar-refractivity contribution in [3.8, 4) is 0 Å². The Morgan fingerprint density at radius 1 is 1.04 bits per heavy atom. The summed E-state index contributed by atoms with van der Waals surface area (Å²) < 4.78 is 0. The molecule has 2 amide bonds. The molecule has 0 saturated carbocycles. The van der Waals surface area contributed by atoms with Crippen molar-refractivity contribution in [3.05, 3.63) is 24.3 Å². The first-order valence-corrected chi connectivity index (χ1v) is 9.63. The summed E-state index contributed by atoms with van der Waals surface area (Å²) in [6.07, 6.45) is 6.32. The minimum atomic E-state index is -0.880.